The standard InChI is InChI=1S/C15H11ClN2O3S/c1-10-7-14-13(15(16)17-10)8-11(9-19)18(14)22(20,21)12-5-3-2-4-6-12/h2-9H,1H3. The van der Waals surface area contributed by atoms with Gasteiger partial charge in [0.05, 0.1) is 16.1 Å². The van der Waals surface area contributed by atoms with Crippen LogP contribution in [0.15, 0.2) is 47.4 Å². The average molecular weight is 335 g/mol. The fourth-order valence-corrected chi connectivity index (χ4v) is 4.10. The Hall–Kier alpha value is -2.18. The van der Waals surface area contributed by atoms with Crippen molar-refractivity contribution in [2.45, 2.75) is 11.8 Å². The first-order chi connectivity index (χ1) is 10.4. The maximum Gasteiger partial charge on any atom is 0.268 e. The van der Waals surface area contributed by atoms with E-state index in [0.717, 1.165) is 3.97 Å². The number of carbonyl (C=O) groups is 1. The zero-order valence-corrected chi connectivity index (χ0v) is 13.1. The highest BCUT2D eigenvalue weighted by Gasteiger charge is 2.24. The van der Waals surface area contributed by atoms with E-state index in [0.29, 0.717) is 22.9 Å². The molecule has 112 valence electrons. The van der Waals surface area contributed by atoms with E-state index in [1.807, 2.05) is 0 Å². The van der Waals surface area contributed by atoms with E-state index < -0.39 is 10.0 Å². The predicted octanol–water partition coefficient (Wildman–Crippen LogP) is 3.05. The largest absolute Gasteiger partial charge is 0.296 e. The molecule has 0 saturated heterocycles. The van der Waals surface area contributed by atoms with Crippen molar-refractivity contribution in [2.24, 2.45) is 0 Å². The Balaban J connectivity index is 2.42. The first-order valence-electron chi connectivity index (χ1n) is 6.39. The monoisotopic (exact) mass is 334 g/mol. The lowest BCUT2D eigenvalue weighted by atomic mass is 10.3. The van der Waals surface area contributed by atoms with Crippen LogP contribution in [0.2, 0.25) is 5.15 Å². The molecule has 22 heavy (non-hydrogen) atoms. The summed E-state index contributed by atoms with van der Waals surface area (Å²) in [7, 11) is -3.90. The second-order valence-corrected chi connectivity index (χ2v) is 6.90. The average Bonchev–Trinajstić information content (AvgIpc) is 2.87. The van der Waals surface area contributed by atoms with E-state index >= 15 is 0 Å². The number of aldehydes is 1. The second kappa shape index (κ2) is 5.23. The first kappa shape index (κ1) is 14.7. The zero-order valence-electron chi connectivity index (χ0n) is 11.5. The van der Waals surface area contributed by atoms with Crippen LogP contribution in [0.3, 0.4) is 0 Å². The predicted molar refractivity (Wildman–Crippen MR) is 83.9 cm³/mol. The van der Waals surface area contributed by atoms with Gasteiger partial charge in [-0.05, 0) is 31.2 Å². The summed E-state index contributed by atoms with van der Waals surface area (Å²) in [5.74, 6) is 0. The van der Waals surface area contributed by atoms with Gasteiger partial charge in [0.1, 0.15) is 5.15 Å². The summed E-state index contributed by atoms with van der Waals surface area (Å²) in [6.45, 7) is 1.71. The van der Waals surface area contributed by atoms with Gasteiger partial charge in [0, 0.05) is 11.1 Å². The first-order valence-corrected chi connectivity index (χ1v) is 8.21. The highest BCUT2D eigenvalue weighted by molar-refractivity contribution is 7.90. The van der Waals surface area contributed by atoms with Crippen LogP contribution in [0.25, 0.3) is 10.9 Å². The van der Waals surface area contributed by atoms with E-state index in [1.54, 1.807) is 31.2 Å². The molecule has 7 heteroatoms. The highest BCUT2D eigenvalue weighted by Crippen LogP contribution is 2.29. The molecule has 0 bridgehead atoms. The number of nitrogens with zero attached hydrogens (tertiary/aromatic N) is 2. The summed E-state index contributed by atoms with van der Waals surface area (Å²) in [4.78, 5) is 15.5. The second-order valence-electron chi connectivity index (χ2n) is 4.76. The van der Waals surface area contributed by atoms with Crippen LogP contribution >= 0.6 is 11.6 Å². The lowest BCUT2D eigenvalue weighted by molar-refractivity contribution is 0.111. The van der Waals surface area contributed by atoms with Gasteiger partial charge in [-0.15, -0.1) is 0 Å². The Bertz CT molecular complexity index is 979. The third kappa shape index (κ3) is 2.20. The molecule has 0 aliphatic rings. The zero-order chi connectivity index (χ0) is 15.9. The molecular weight excluding hydrogens is 324 g/mol. The van der Waals surface area contributed by atoms with Crippen LogP contribution in [0.4, 0.5) is 0 Å². The number of rotatable bonds is 3. The van der Waals surface area contributed by atoms with E-state index in [4.69, 9.17) is 11.6 Å². The minimum Gasteiger partial charge on any atom is -0.296 e. The fourth-order valence-electron chi connectivity index (χ4n) is 2.32. The number of benzene rings is 1. The topological polar surface area (TPSA) is 69.0 Å². The molecule has 0 atom stereocenters. The van der Waals surface area contributed by atoms with Gasteiger partial charge in [-0.25, -0.2) is 17.4 Å². The molecule has 0 aliphatic carbocycles. The molecule has 2 heterocycles. The Morgan fingerprint density at radius 2 is 1.86 bits per heavy atom. The van der Waals surface area contributed by atoms with Gasteiger partial charge in [0.2, 0.25) is 0 Å². The lowest BCUT2D eigenvalue weighted by Gasteiger charge is -2.09. The normalized spacial score (nSPS) is 11.7. The summed E-state index contributed by atoms with van der Waals surface area (Å²) < 4.78 is 26.7. The Morgan fingerprint density at radius 3 is 2.50 bits per heavy atom. The van der Waals surface area contributed by atoms with Gasteiger partial charge >= 0.3 is 0 Å². The molecule has 0 saturated carbocycles. The molecular formula is C15H11ClN2O3S. The summed E-state index contributed by atoms with van der Waals surface area (Å²) in [5.41, 5.74) is 0.911. The Morgan fingerprint density at radius 1 is 1.18 bits per heavy atom. The Kier molecular flexibility index (Phi) is 3.50. The molecule has 0 fully saturated rings. The number of hydrogen-bond donors (Lipinski definition) is 0. The number of aromatic nitrogens is 2. The smallest absolute Gasteiger partial charge is 0.268 e. The van der Waals surface area contributed by atoms with Crippen molar-refractivity contribution in [1.29, 1.82) is 0 Å². The summed E-state index contributed by atoms with van der Waals surface area (Å²) >= 11 is 6.07. The van der Waals surface area contributed by atoms with Gasteiger partial charge in [-0.1, -0.05) is 29.8 Å². The minimum absolute atomic E-state index is 0.00755. The molecule has 3 rings (SSSR count). The summed E-state index contributed by atoms with van der Waals surface area (Å²) in [6, 6.07) is 10.9. The molecule has 0 N–H and O–H groups in total. The van der Waals surface area contributed by atoms with Gasteiger partial charge < -0.3 is 0 Å². The van der Waals surface area contributed by atoms with Crippen LogP contribution < -0.4 is 0 Å². The van der Waals surface area contributed by atoms with Crippen molar-refractivity contribution in [2.75, 3.05) is 0 Å². The van der Waals surface area contributed by atoms with Crippen molar-refractivity contribution in [3.8, 4) is 0 Å². The van der Waals surface area contributed by atoms with E-state index in [-0.39, 0.29) is 15.7 Å². The number of pyridine rings is 1. The molecule has 0 spiro atoms. The van der Waals surface area contributed by atoms with Crippen molar-refractivity contribution in [3.63, 3.8) is 0 Å². The van der Waals surface area contributed by atoms with Crippen LogP contribution in [0, 0.1) is 6.92 Å². The van der Waals surface area contributed by atoms with Crippen LogP contribution in [0.5, 0.6) is 0 Å². The minimum atomic E-state index is -3.90. The molecule has 2 aromatic heterocycles. The number of halogens is 1. The van der Waals surface area contributed by atoms with Gasteiger partial charge in [0.25, 0.3) is 10.0 Å². The van der Waals surface area contributed by atoms with Crippen molar-refractivity contribution in [1.82, 2.24) is 8.96 Å². The summed E-state index contributed by atoms with van der Waals surface area (Å²) in [5, 5.41) is 0.592. The number of hydrogen-bond acceptors (Lipinski definition) is 4. The number of fused-ring (bicyclic) bond motifs is 1. The van der Waals surface area contributed by atoms with Crippen molar-refractivity contribution < 1.29 is 13.2 Å². The third-order valence-electron chi connectivity index (χ3n) is 3.27. The van der Waals surface area contributed by atoms with Crippen molar-refractivity contribution in [3.05, 3.63) is 59.0 Å². The van der Waals surface area contributed by atoms with E-state index in [2.05, 4.69) is 4.98 Å². The maximum absolute atomic E-state index is 12.9. The molecule has 0 unspecified atom stereocenters. The van der Waals surface area contributed by atoms with Gasteiger partial charge in [-0.3, -0.25) is 4.79 Å². The molecule has 0 amide bonds. The van der Waals surface area contributed by atoms with Crippen LogP contribution in [-0.2, 0) is 10.0 Å². The fraction of sp³-hybridized carbons (Fsp3) is 0.0667. The molecule has 0 radical (unpaired) electrons. The molecule has 0 aliphatic heterocycles. The van der Waals surface area contributed by atoms with Crippen molar-refractivity contribution >= 4 is 38.8 Å². The summed E-state index contributed by atoms with van der Waals surface area (Å²) in [6.07, 6.45) is 0.492. The van der Waals surface area contributed by atoms with Crippen LogP contribution in [-0.4, -0.2) is 23.7 Å². The highest BCUT2D eigenvalue weighted by atomic mass is 35.5. The SMILES string of the molecule is Cc1cc2c(cc(C=O)n2S(=O)(=O)c2ccccc2)c(Cl)n1. The van der Waals surface area contributed by atoms with Crippen LogP contribution in [0.1, 0.15) is 16.2 Å². The van der Waals surface area contributed by atoms with Gasteiger partial charge in [0.15, 0.2) is 6.29 Å². The number of aryl methyl sites for hydroxylation is 1. The van der Waals surface area contributed by atoms with E-state index in [9.17, 15) is 13.2 Å². The third-order valence-corrected chi connectivity index (χ3v) is 5.31. The Labute approximate surface area is 132 Å². The quantitative estimate of drug-likeness (QED) is 0.545. The lowest BCUT2D eigenvalue weighted by Crippen LogP contribution is -2.15. The molecule has 3 aromatic rings. The number of carbonyl (C=O) groups excluding carboxylic acids is 1. The van der Waals surface area contributed by atoms with Gasteiger partial charge in [-0.2, -0.15) is 0 Å². The molecule has 1 aromatic carbocycles. The van der Waals surface area contributed by atoms with E-state index in [1.165, 1.54) is 18.2 Å². The maximum atomic E-state index is 12.9. The molecule has 5 nitrogen and oxygen atoms in total.